The maximum atomic E-state index is 3.23. The highest BCUT2D eigenvalue weighted by Gasteiger charge is 2.29. The first kappa shape index (κ1) is 13.9. The van der Waals surface area contributed by atoms with Crippen molar-refractivity contribution in [2.75, 3.05) is 53.4 Å². The van der Waals surface area contributed by atoms with E-state index < -0.39 is 0 Å². The standard InChI is InChI=1S/C12H28N4/c1-11-12(2)16(8-6-14-4)10-9-15(11)7-5-13-3/h11-14H,5-10H2,1-4H3. The van der Waals surface area contributed by atoms with Gasteiger partial charge in [0.05, 0.1) is 0 Å². The zero-order valence-corrected chi connectivity index (χ0v) is 11.3. The van der Waals surface area contributed by atoms with Gasteiger partial charge in [0.15, 0.2) is 0 Å². The molecule has 0 saturated carbocycles. The average Bonchev–Trinajstić information content (AvgIpc) is 2.30. The summed E-state index contributed by atoms with van der Waals surface area (Å²) in [5.41, 5.74) is 0. The Hall–Kier alpha value is -0.160. The van der Waals surface area contributed by atoms with Crippen molar-refractivity contribution in [2.45, 2.75) is 25.9 Å². The molecule has 4 nitrogen and oxygen atoms in total. The fourth-order valence-corrected chi connectivity index (χ4v) is 2.42. The van der Waals surface area contributed by atoms with Gasteiger partial charge in [0, 0.05) is 51.4 Å². The van der Waals surface area contributed by atoms with Crippen LogP contribution in [0.25, 0.3) is 0 Å². The maximum Gasteiger partial charge on any atom is 0.0221 e. The summed E-state index contributed by atoms with van der Waals surface area (Å²) in [6, 6.07) is 1.33. The molecule has 0 aromatic heterocycles. The van der Waals surface area contributed by atoms with E-state index in [1.54, 1.807) is 0 Å². The molecule has 0 amide bonds. The summed E-state index contributed by atoms with van der Waals surface area (Å²) in [4.78, 5) is 5.19. The SMILES string of the molecule is CNCCN1CCN(CCNC)C(C)C1C. The molecule has 0 radical (unpaired) electrons. The molecule has 2 N–H and O–H groups in total. The van der Waals surface area contributed by atoms with E-state index in [2.05, 4.69) is 34.3 Å². The molecule has 16 heavy (non-hydrogen) atoms. The van der Waals surface area contributed by atoms with Crippen molar-refractivity contribution in [3.63, 3.8) is 0 Å². The Morgan fingerprint density at radius 3 is 1.56 bits per heavy atom. The van der Waals surface area contributed by atoms with Crippen LogP contribution in [0.5, 0.6) is 0 Å². The van der Waals surface area contributed by atoms with Crippen LogP contribution in [0.3, 0.4) is 0 Å². The van der Waals surface area contributed by atoms with Gasteiger partial charge < -0.3 is 10.6 Å². The van der Waals surface area contributed by atoms with E-state index in [-0.39, 0.29) is 0 Å². The molecular weight excluding hydrogens is 200 g/mol. The summed E-state index contributed by atoms with van der Waals surface area (Å²) in [5, 5.41) is 6.46. The van der Waals surface area contributed by atoms with Crippen molar-refractivity contribution in [3.05, 3.63) is 0 Å². The molecule has 0 aromatic carbocycles. The molecule has 0 spiro atoms. The molecular formula is C12H28N4. The van der Waals surface area contributed by atoms with E-state index in [4.69, 9.17) is 0 Å². The third-order valence-electron chi connectivity index (χ3n) is 3.82. The smallest absolute Gasteiger partial charge is 0.0221 e. The molecule has 1 aliphatic rings. The monoisotopic (exact) mass is 228 g/mol. The third-order valence-corrected chi connectivity index (χ3v) is 3.82. The number of nitrogens with one attached hydrogen (secondary N) is 2. The maximum absolute atomic E-state index is 3.23. The Morgan fingerprint density at radius 1 is 0.875 bits per heavy atom. The van der Waals surface area contributed by atoms with Gasteiger partial charge in [0.25, 0.3) is 0 Å². The molecule has 0 aromatic rings. The number of nitrogens with zero attached hydrogens (tertiary/aromatic N) is 2. The van der Waals surface area contributed by atoms with Crippen LogP contribution in [0.2, 0.25) is 0 Å². The minimum atomic E-state index is 0.666. The molecule has 0 aliphatic carbocycles. The van der Waals surface area contributed by atoms with Crippen molar-refractivity contribution in [1.29, 1.82) is 0 Å². The number of piperazine rings is 1. The normalized spacial score (nSPS) is 28.5. The van der Waals surface area contributed by atoms with Crippen LogP contribution in [-0.2, 0) is 0 Å². The van der Waals surface area contributed by atoms with Gasteiger partial charge in [0.1, 0.15) is 0 Å². The van der Waals surface area contributed by atoms with Gasteiger partial charge in [0.2, 0.25) is 0 Å². The van der Waals surface area contributed by atoms with Crippen LogP contribution in [0.1, 0.15) is 13.8 Å². The zero-order chi connectivity index (χ0) is 12.0. The lowest BCUT2D eigenvalue weighted by Crippen LogP contribution is -2.58. The van der Waals surface area contributed by atoms with Crippen LogP contribution >= 0.6 is 0 Å². The summed E-state index contributed by atoms with van der Waals surface area (Å²) in [6.45, 7) is 11.6. The third kappa shape index (κ3) is 3.70. The molecule has 1 aliphatic heterocycles. The summed E-state index contributed by atoms with van der Waals surface area (Å²) < 4.78 is 0. The minimum Gasteiger partial charge on any atom is -0.318 e. The number of hydrogen-bond donors (Lipinski definition) is 2. The van der Waals surface area contributed by atoms with E-state index >= 15 is 0 Å². The molecule has 1 rings (SSSR count). The Morgan fingerprint density at radius 2 is 1.25 bits per heavy atom. The van der Waals surface area contributed by atoms with E-state index in [0.29, 0.717) is 12.1 Å². The van der Waals surface area contributed by atoms with Crippen LogP contribution in [0, 0.1) is 0 Å². The molecule has 2 unspecified atom stereocenters. The average molecular weight is 228 g/mol. The first-order valence-electron chi connectivity index (χ1n) is 6.48. The quantitative estimate of drug-likeness (QED) is 0.660. The lowest BCUT2D eigenvalue weighted by molar-refractivity contribution is 0.0378. The molecule has 96 valence electrons. The molecule has 4 heteroatoms. The van der Waals surface area contributed by atoms with E-state index in [1.807, 2.05) is 14.1 Å². The molecule has 2 atom stereocenters. The molecule has 1 fully saturated rings. The summed E-state index contributed by atoms with van der Waals surface area (Å²) >= 11 is 0. The van der Waals surface area contributed by atoms with Crippen molar-refractivity contribution in [1.82, 2.24) is 20.4 Å². The highest BCUT2D eigenvalue weighted by Crippen LogP contribution is 2.15. The second-order valence-corrected chi connectivity index (χ2v) is 4.76. The second-order valence-electron chi connectivity index (χ2n) is 4.76. The number of likely N-dealkylation sites (N-methyl/N-ethyl adjacent to an activating group) is 2. The van der Waals surface area contributed by atoms with Crippen molar-refractivity contribution < 1.29 is 0 Å². The molecule has 1 heterocycles. The van der Waals surface area contributed by atoms with Crippen LogP contribution in [0.4, 0.5) is 0 Å². The van der Waals surface area contributed by atoms with Crippen LogP contribution in [-0.4, -0.2) is 75.2 Å². The van der Waals surface area contributed by atoms with Crippen LogP contribution in [0.15, 0.2) is 0 Å². The lowest BCUT2D eigenvalue weighted by Gasteiger charge is -2.45. The predicted octanol–water partition coefficient (Wildman–Crippen LogP) is -0.180. The van der Waals surface area contributed by atoms with E-state index in [0.717, 1.165) is 13.1 Å². The van der Waals surface area contributed by atoms with Crippen molar-refractivity contribution in [3.8, 4) is 0 Å². The fourth-order valence-electron chi connectivity index (χ4n) is 2.42. The molecule has 0 bridgehead atoms. The van der Waals surface area contributed by atoms with Gasteiger partial charge in [-0.15, -0.1) is 0 Å². The Kier molecular flexibility index (Phi) is 6.28. The van der Waals surface area contributed by atoms with Gasteiger partial charge in [-0.1, -0.05) is 0 Å². The number of hydrogen-bond acceptors (Lipinski definition) is 4. The van der Waals surface area contributed by atoms with E-state index in [9.17, 15) is 0 Å². The topological polar surface area (TPSA) is 30.5 Å². The predicted molar refractivity (Wildman–Crippen MR) is 69.9 cm³/mol. The first-order chi connectivity index (χ1) is 7.70. The first-order valence-corrected chi connectivity index (χ1v) is 6.48. The van der Waals surface area contributed by atoms with E-state index in [1.165, 1.54) is 26.2 Å². The Bertz CT molecular complexity index is 166. The highest BCUT2D eigenvalue weighted by atomic mass is 15.3. The fraction of sp³-hybridized carbons (Fsp3) is 1.00. The van der Waals surface area contributed by atoms with Crippen molar-refractivity contribution >= 4 is 0 Å². The number of rotatable bonds is 6. The van der Waals surface area contributed by atoms with Gasteiger partial charge >= 0.3 is 0 Å². The summed E-state index contributed by atoms with van der Waals surface area (Å²) in [7, 11) is 4.05. The van der Waals surface area contributed by atoms with Gasteiger partial charge in [-0.3, -0.25) is 9.80 Å². The van der Waals surface area contributed by atoms with Crippen LogP contribution < -0.4 is 10.6 Å². The van der Waals surface area contributed by atoms with Crippen molar-refractivity contribution in [2.24, 2.45) is 0 Å². The van der Waals surface area contributed by atoms with Gasteiger partial charge in [-0.05, 0) is 27.9 Å². The highest BCUT2D eigenvalue weighted by molar-refractivity contribution is 4.86. The van der Waals surface area contributed by atoms with Gasteiger partial charge in [-0.2, -0.15) is 0 Å². The minimum absolute atomic E-state index is 0.666. The zero-order valence-electron chi connectivity index (χ0n) is 11.3. The molecule has 1 saturated heterocycles. The summed E-state index contributed by atoms with van der Waals surface area (Å²) in [6.07, 6.45) is 0. The Labute approximate surface area is 100 Å². The lowest BCUT2D eigenvalue weighted by atomic mass is 10.0. The van der Waals surface area contributed by atoms with Gasteiger partial charge in [-0.25, -0.2) is 0 Å². The Balaban J connectivity index is 2.38. The largest absolute Gasteiger partial charge is 0.318 e. The summed E-state index contributed by atoms with van der Waals surface area (Å²) in [5.74, 6) is 0. The second kappa shape index (κ2) is 7.22.